The monoisotopic (exact) mass is 1030 g/mol. The number of rotatable bonds is 40. The van der Waals surface area contributed by atoms with Gasteiger partial charge in [0.25, 0.3) is 0 Å². The van der Waals surface area contributed by atoms with E-state index >= 15 is 0 Å². The molecular weight excluding hydrogens is 946 g/mol. The van der Waals surface area contributed by atoms with Gasteiger partial charge in [0.05, 0.1) is 25.4 Å². The molecule has 2 aromatic rings. The zero-order valence-electron chi connectivity index (χ0n) is 41.1. The van der Waals surface area contributed by atoms with E-state index in [1.165, 1.54) is 90.9 Å². The fourth-order valence-corrected chi connectivity index (χ4v) is 7.95. The fourth-order valence-electron chi connectivity index (χ4n) is 7.95. The number of carbonyl (C=O) groups is 4. The van der Waals surface area contributed by atoms with Crippen LogP contribution in [0.1, 0.15) is 219 Å². The minimum absolute atomic E-state index is 0. The van der Waals surface area contributed by atoms with Crippen molar-refractivity contribution in [2.24, 2.45) is 0 Å². The molecule has 0 spiro atoms. The number of unbranched alkanes of at least 4 members (excludes halogenated alkanes) is 12. The van der Waals surface area contributed by atoms with Crippen LogP contribution in [-0.2, 0) is 51.3 Å². The number of benzene rings is 2. The van der Waals surface area contributed by atoms with Crippen molar-refractivity contribution in [1.82, 2.24) is 0 Å². The predicted octanol–water partition coefficient (Wildman–Crippen LogP) is 11.1. The Balaban J connectivity index is 0.00000124. The number of esters is 2. The number of carboxylic acid groups (broad SMARTS) is 2. The van der Waals surface area contributed by atoms with Crippen molar-refractivity contribution < 1.29 is 48.3 Å². The molecule has 4 unspecified atom stereocenters. The molecule has 0 heterocycles. The first-order valence-corrected chi connectivity index (χ1v) is 25.1. The summed E-state index contributed by atoms with van der Waals surface area (Å²) >= 11 is 0. The molecule has 2 rings (SSSR count). The molecule has 364 valence electrons. The van der Waals surface area contributed by atoms with Crippen molar-refractivity contribution in [3.63, 3.8) is 0 Å². The average Bonchev–Trinajstić information content (AvgIpc) is 3.26. The van der Waals surface area contributed by atoms with Gasteiger partial charge in [-0.15, -0.1) is 0 Å². The quantitative estimate of drug-likeness (QED) is 0.0358. The minimum atomic E-state index is -1.02. The summed E-state index contributed by atoms with van der Waals surface area (Å²) in [6, 6.07) is 20.0. The second-order valence-corrected chi connectivity index (χ2v) is 17.5. The Hall–Kier alpha value is -2.19. The molecule has 0 N–H and O–H groups in total. The fraction of sp³-hybridized carbons (Fsp3) is 0.704. The van der Waals surface area contributed by atoms with E-state index in [2.05, 4.69) is 13.8 Å². The largest absolute Gasteiger partial charge is 2.00 e. The molecule has 0 saturated carbocycles. The molecule has 0 radical (unpaired) electrons. The first-order chi connectivity index (χ1) is 31.0. The summed E-state index contributed by atoms with van der Waals surface area (Å²) in [6.45, 7) is 8.44. The number of carboxylic acids is 2. The van der Waals surface area contributed by atoms with E-state index in [-0.39, 0.29) is 98.1 Å². The Labute approximate surface area is 434 Å². The smallest absolute Gasteiger partial charge is 0.550 e. The molecule has 0 saturated heterocycles. The van der Waals surface area contributed by atoms with Gasteiger partial charge < -0.3 is 38.7 Å². The Kier molecular flexibility index (Phi) is 42.8. The maximum atomic E-state index is 11.5. The Morgan fingerprint density at radius 1 is 0.415 bits per heavy atom. The van der Waals surface area contributed by atoms with Gasteiger partial charge >= 0.3 is 60.8 Å². The van der Waals surface area contributed by atoms with Gasteiger partial charge in [-0.05, 0) is 114 Å². The summed E-state index contributed by atoms with van der Waals surface area (Å²) in [5, 5.41) is 21.5. The number of hydrogen-bond donors (Lipinski definition) is 0. The third-order valence-electron chi connectivity index (χ3n) is 11.5. The third kappa shape index (κ3) is 40.6. The van der Waals surface area contributed by atoms with Crippen molar-refractivity contribution >= 4 is 72.8 Å². The molecule has 4 atom stereocenters. The van der Waals surface area contributed by atoms with Gasteiger partial charge in [-0.2, -0.15) is 0 Å². The average molecular weight is 1030 g/mol. The van der Waals surface area contributed by atoms with Crippen LogP contribution in [-0.4, -0.2) is 97.2 Å². The standard InChI is InChI=1S/2C27H44O5.Ba/c2*1-3-4-5-6-7-8-12-17-26(32-23(2)28)20-13-18-25(19-14-21-27(29)30)31-22-24-15-10-9-11-16-24;/h2*9-11,15-16,25-26H,3-8,12-14,17-22H2,1-2H3,(H,29,30);/q;;+2/p-2. The van der Waals surface area contributed by atoms with Crippen LogP contribution in [0, 0.1) is 0 Å². The van der Waals surface area contributed by atoms with Crippen molar-refractivity contribution in [2.75, 3.05) is 0 Å². The van der Waals surface area contributed by atoms with E-state index in [1.807, 2.05) is 60.7 Å². The van der Waals surface area contributed by atoms with Crippen LogP contribution in [0.25, 0.3) is 0 Å². The SMILES string of the molecule is CCCCCCCCCC(CCCC(CCCC(=O)[O-])OCc1ccccc1)OC(C)=O.CCCCCCCCCC(CCCC(CCCC(=O)[O-])OCc1ccccc1)OC(C)=O.[Ba+2]. The maximum absolute atomic E-state index is 11.5. The Bertz CT molecular complexity index is 1320. The van der Waals surface area contributed by atoms with Crippen LogP contribution in [0.15, 0.2) is 60.7 Å². The van der Waals surface area contributed by atoms with Crippen LogP contribution >= 0.6 is 0 Å². The van der Waals surface area contributed by atoms with Crippen LogP contribution < -0.4 is 10.2 Å². The molecule has 0 aliphatic carbocycles. The summed E-state index contributed by atoms with van der Waals surface area (Å²) < 4.78 is 23.3. The van der Waals surface area contributed by atoms with E-state index in [0.29, 0.717) is 38.9 Å². The molecule has 0 amide bonds. The van der Waals surface area contributed by atoms with Crippen LogP contribution in [0.3, 0.4) is 0 Å². The van der Waals surface area contributed by atoms with E-state index in [1.54, 1.807) is 0 Å². The minimum Gasteiger partial charge on any atom is -0.550 e. The van der Waals surface area contributed by atoms with Crippen LogP contribution in [0.5, 0.6) is 0 Å². The molecule has 0 aliphatic rings. The Morgan fingerprint density at radius 3 is 1.03 bits per heavy atom. The zero-order valence-corrected chi connectivity index (χ0v) is 45.5. The number of ether oxygens (including phenoxy) is 4. The molecule has 0 fully saturated rings. The van der Waals surface area contributed by atoms with Gasteiger partial charge in [-0.1, -0.05) is 152 Å². The number of aliphatic carboxylic acids is 2. The molecule has 0 aliphatic heterocycles. The number of carbonyl (C=O) groups excluding carboxylic acids is 4. The van der Waals surface area contributed by atoms with Crippen molar-refractivity contribution in [3.05, 3.63) is 71.8 Å². The second-order valence-electron chi connectivity index (χ2n) is 17.5. The predicted molar refractivity (Wildman–Crippen MR) is 258 cm³/mol. The summed E-state index contributed by atoms with van der Waals surface area (Å²) in [5.41, 5.74) is 2.21. The van der Waals surface area contributed by atoms with Crippen molar-refractivity contribution in [1.29, 1.82) is 0 Å². The summed E-state index contributed by atoms with van der Waals surface area (Å²) in [6.07, 6.45) is 26.8. The van der Waals surface area contributed by atoms with Gasteiger partial charge in [0.2, 0.25) is 0 Å². The number of hydrogen-bond acceptors (Lipinski definition) is 10. The molecule has 11 heteroatoms. The van der Waals surface area contributed by atoms with Crippen molar-refractivity contribution in [2.45, 2.75) is 245 Å². The van der Waals surface area contributed by atoms with Crippen LogP contribution in [0.2, 0.25) is 0 Å². The molecule has 2 aromatic carbocycles. The molecule has 65 heavy (non-hydrogen) atoms. The van der Waals surface area contributed by atoms with E-state index < -0.39 is 11.9 Å². The van der Waals surface area contributed by atoms with Gasteiger partial charge in [0.1, 0.15) is 12.2 Å². The summed E-state index contributed by atoms with van der Waals surface area (Å²) in [7, 11) is 0. The van der Waals surface area contributed by atoms with Gasteiger partial charge in [-0.25, -0.2) is 0 Å². The summed E-state index contributed by atoms with van der Waals surface area (Å²) in [5.74, 6) is -2.47. The van der Waals surface area contributed by atoms with E-state index in [4.69, 9.17) is 18.9 Å². The first-order valence-electron chi connectivity index (χ1n) is 25.1. The second kappa shape index (κ2) is 44.3. The van der Waals surface area contributed by atoms with E-state index in [0.717, 1.165) is 75.3 Å². The van der Waals surface area contributed by atoms with Gasteiger partial charge in [0, 0.05) is 25.8 Å². The molecule has 10 nitrogen and oxygen atoms in total. The van der Waals surface area contributed by atoms with Crippen LogP contribution in [0.4, 0.5) is 0 Å². The van der Waals surface area contributed by atoms with Gasteiger partial charge in [-0.3, -0.25) is 9.59 Å². The molecule has 0 aromatic heterocycles. The summed E-state index contributed by atoms with van der Waals surface area (Å²) in [4.78, 5) is 44.6. The maximum Gasteiger partial charge on any atom is 2.00 e. The molecule has 0 bridgehead atoms. The van der Waals surface area contributed by atoms with E-state index in [9.17, 15) is 29.4 Å². The first kappa shape index (κ1) is 62.8. The normalized spacial score (nSPS) is 12.7. The topological polar surface area (TPSA) is 151 Å². The van der Waals surface area contributed by atoms with Gasteiger partial charge in [0.15, 0.2) is 0 Å². The third-order valence-corrected chi connectivity index (χ3v) is 11.5. The Morgan fingerprint density at radius 2 is 0.708 bits per heavy atom. The molecular formula is C54H86BaO10. The zero-order chi connectivity index (χ0) is 46.9. The van der Waals surface area contributed by atoms with Crippen molar-refractivity contribution in [3.8, 4) is 0 Å².